The molecule has 0 spiro atoms. The van der Waals surface area contributed by atoms with Crippen LogP contribution in [0.25, 0.3) is 5.57 Å². The van der Waals surface area contributed by atoms with Gasteiger partial charge in [0.25, 0.3) is 10.1 Å². The lowest BCUT2D eigenvalue weighted by Crippen LogP contribution is -2.11. The van der Waals surface area contributed by atoms with Gasteiger partial charge < -0.3 is 0 Å². The summed E-state index contributed by atoms with van der Waals surface area (Å²) >= 11 is 88.9. The van der Waals surface area contributed by atoms with Gasteiger partial charge in [-0.1, -0.05) is 128 Å². The molecular weight excluding hydrogens is 805 g/mol. The van der Waals surface area contributed by atoms with Gasteiger partial charge in [-0.25, -0.2) is 0 Å². The van der Waals surface area contributed by atoms with E-state index in [9.17, 15) is 13.0 Å². The van der Waals surface area contributed by atoms with Crippen LogP contribution in [0.3, 0.4) is 0 Å². The smallest absolute Gasteiger partial charge is 0.282 e. The maximum absolute atomic E-state index is 11.9. The Hall–Kier alpha value is 1.50. The maximum Gasteiger partial charge on any atom is 0.297 e. The quantitative estimate of drug-likeness (QED) is 0.145. The zero-order chi connectivity index (χ0) is 28.5. The Balaban J connectivity index is 2.75. The second-order valence-electron chi connectivity index (χ2n) is 6.70. The van der Waals surface area contributed by atoms with E-state index in [4.69, 9.17) is 162 Å². The van der Waals surface area contributed by atoms with Gasteiger partial charge in [0.2, 0.25) is 0 Å². The summed E-state index contributed by atoms with van der Waals surface area (Å²) in [6.07, 6.45) is 0. The van der Waals surface area contributed by atoms with Crippen LogP contribution in [0.5, 0.6) is 0 Å². The lowest BCUT2D eigenvalue weighted by Gasteiger charge is -2.22. The number of hydrogen-bond donors (Lipinski definition) is 1. The van der Waals surface area contributed by atoms with E-state index < -0.39 is 35.1 Å². The number of rotatable bonds is 3. The summed E-state index contributed by atoms with van der Waals surface area (Å²) in [6.45, 7) is 0. The molecule has 3 nitrogen and oxygen atoms in total. The molecule has 0 amide bonds. The Labute approximate surface area is 280 Å². The minimum atomic E-state index is -5.02. The van der Waals surface area contributed by atoms with Crippen molar-refractivity contribution in [3.63, 3.8) is 0 Å². The molecule has 2 aromatic carbocycles. The normalized spacial score (nSPS) is 16.2. The van der Waals surface area contributed by atoms with E-state index in [1.165, 1.54) is 0 Å². The fourth-order valence-corrected chi connectivity index (χ4v) is 8.13. The fraction of sp³-hybridized carbons (Fsp3) is 0. The topological polar surface area (TPSA) is 54.4 Å². The van der Waals surface area contributed by atoms with Gasteiger partial charge in [-0.05, 0) is 34.8 Å². The summed E-state index contributed by atoms with van der Waals surface area (Å²) < 4.78 is 33.5. The molecule has 0 unspecified atom stereocenters. The number of allylic oxidation sites excluding steroid dienone is 5. The lowest BCUT2D eigenvalue weighted by molar-refractivity contribution is 0.483. The van der Waals surface area contributed by atoms with Crippen LogP contribution in [-0.4, -0.2) is 13.0 Å². The maximum atomic E-state index is 11.9. The first-order valence-electron chi connectivity index (χ1n) is 8.62. The van der Waals surface area contributed by atoms with E-state index in [1.807, 2.05) is 0 Å². The van der Waals surface area contributed by atoms with Crippen molar-refractivity contribution < 1.29 is 13.0 Å². The predicted octanol–water partition coefficient (Wildman–Crippen LogP) is 12.8. The monoisotopic (exact) mass is 799 g/mol. The van der Waals surface area contributed by atoms with Gasteiger partial charge in [-0.2, -0.15) is 8.42 Å². The zero-order valence-electron chi connectivity index (χ0n) is 16.5. The van der Waals surface area contributed by atoms with Gasteiger partial charge in [0, 0.05) is 0 Å². The molecule has 0 atom stereocenters. The minimum absolute atomic E-state index is 0.208. The Kier molecular flexibility index (Phi) is 10.7. The molecule has 1 N–H and O–H groups in total. The Morgan fingerprint density at radius 2 is 0.892 bits per heavy atom. The molecule has 0 saturated heterocycles. The van der Waals surface area contributed by atoms with Crippen LogP contribution in [0.15, 0.2) is 30.6 Å². The molecule has 0 bridgehead atoms. The van der Waals surface area contributed by atoms with Crippen molar-refractivity contribution >= 4 is 178 Å². The molecule has 37 heavy (non-hydrogen) atoms. The van der Waals surface area contributed by atoms with Crippen molar-refractivity contribution in [1.82, 2.24) is 0 Å². The second kappa shape index (κ2) is 12.0. The van der Waals surface area contributed by atoms with E-state index in [0.29, 0.717) is 0 Å². The van der Waals surface area contributed by atoms with Crippen LogP contribution in [0.4, 0.5) is 0 Å². The van der Waals surface area contributed by atoms with Gasteiger partial charge in [-0.15, -0.1) is 0 Å². The van der Waals surface area contributed by atoms with Crippen molar-refractivity contribution in [3.8, 4) is 0 Å². The summed E-state index contributed by atoms with van der Waals surface area (Å²) in [7, 11) is -5.02. The van der Waals surface area contributed by atoms with Crippen LogP contribution in [0.1, 0.15) is 11.1 Å². The molecule has 198 valence electrons. The van der Waals surface area contributed by atoms with E-state index in [-0.39, 0.29) is 72.9 Å². The number of hydrogen-bond acceptors (Lipinski definition) is 2. The molecule has 2 aromatic rings. The summed E-state index contributed by atoms with van der Waals surface area (Å²) in [5, 5.41) is -5.27. The average molecular weight is 806 g/mol. The molecule has 0 radical (unpaired) electrons. The Bertz CT molecular complexity index is 1530. The molecule has 0 aliphatic heterocycles. The fourth-order valence-electron chi connectivity index (χ4n) is 3.08. The molecule has 3 rings (SSSR count). The SMILES string of the molecule is O=S(=O)(O)c1c(Cl)c(Cl)c(C(=C2C(Cl)=C(Cl)C(Cl)=C(Cl)[C+]2Cl)c2c(Cl)c(Cl)c(Cl)c(Cl)c2Cl)c(Cl)c1Cl. The molecular formula is C19HCl14O3S+. The van der Waals surface area contributed by atoms with Crippen LogP contribution in [0, 0.1) is 5.38 Å². The summed E-state index contributed by atoms with van der Waals surface area (Å²) in [5.74, 6) is 0. The van der Waals surface area contributed by atoms with Gasteiger partial charge in [0.15, 0.2) is 25.5 Å². The first kappa shape index (κ1) is 33.0. The van der Waals surface area contributed by atoms with E-state index >= 15 is 0 Å². The molecule has 18 heteroatoms. The van der Waals surface area contributed by atoms with Gasteiger partial charge in [0.05, 0.1) is 61.9 Å². The average Bonchev–Trinajstić information content (AvgIpc) is 2.81. The largest absolute Gasteiger partial charge is 0.297 e. The van der Waals surface area contributed by atoms with Crippen molar-refractivity contribution in [2.24, 2.45) is 0 Å². The van der Waals surface area contributed by atoms with Gasteiger partial charge in [-0.3, -0.25) is 4.55 Å². The molecule has 0 fully saturated rings. The lowest BCUT2D eigenvalue weighted by atomic mass is 9.89. The molecule has 0 saturated carbocycles. The van der Waals surface area contributed by atoms with E-state index in [2.05, 4.69) is 0 Å². The van der Waals surface area contributed by atoms with Crippen molar-refractivity contribution in [2.75, 3.05) is 0 Å². The minimum Gasteiger partial charge on any atom is -0.282 e. The van der Waals surface area contributed by atoms with Gasteiger partial charge >= 0.3 is 0 Å². The third-order valence-electron chi connectivity index (χ3n) is 4.65. The standard InChI is InChI=1S/C19Cl14O3S/c20-5-2(6(21)12(27)15(30)11(5)26)1(3-7(22)13(28)16(31)14(29)8(3)23)4-9(24)17(32)19(37(34,35)36)18(33)10(4)25/p+1. The van der Waals surface area contributed by atoms with Gasteiger partial charge in [0.1, 0.15) is 10.5 Å². The van der Waals surface area contributed by atoms with Crippen LogP contribution in [-0.2, 0) is 10.1 Å². The van der Waals surface area contributed by atoms with Crippen LogP contribution in [0.2, 0.25) is 45.2 Å². The van der Waals surface area contributed by atoms with Crippen LogP contribution < -0.4 is 0 Å². The third kappa shape index (κ3) is 5.64. The molecule has 0 heterocycles. The number of benzene rings is 2. The van der Waals surface area contributed by atoms with E-state index in [1.54, 1.807) is 0 Å². The molecule has 1 aliphatic carbocycles. The van der Waals surface area contributed by atoms with Crippen molar-refractivity contribution in [3.05, 3.63) is 87.4 Å². The van der Waals surface area contributed by atoms with E-state index in [0.717, 1.165) is 0 Å². The summed E-state index contributed by atoms with van der Waals surface area (Å²) in [4.78, 5) is -0.984. The predicted molar refractivity (Wildman–Crippen MR) is 160 cm³/mol. The highest BCUT2D eigenvalue weighted by molar-refractivity contribution is 7.86. The first-order valence-corrected chi connectivity index (χ1v) is 15.3. The third-order valence-corrected chi connectivity index (χ3v) is 12.1. The molecule has 1 aliphatic rings. The highest BCUT2D eigenvalue weighted by Gasteiger charge is 2.44. The Morgan fingerprint density at radius 1 is 0.541 bits per heavy atom. The first-order chi connectivity index (χ1) is 16.9. The van der Waals surface area contributed by atoms with Crippen molar-refractivity contribution in [2.45, 2.75) is 4.90 Å². The highest BCUT2D eigenvalue weighted by atomic mass is 35.5. The summed E-state index contributed by atoms with van der Waals surface area (Å²) in [5.41, 5.74) is -1.01. The van der Waals surface area contributed by atoms with Crippen LogP contribution >= 0.6 is 162 Å². The highest BCUT2D eigenvalue weighted by Crippen LogP contribution is 2.58. The summed E-state index contributed by atoms with van der Waals surface area (Å²) in [6, 6.07) is 0. The Morgan fingerprint density at radius 3 is 1.27 bits per heavy atom. The van der Waals surface area contributed by atoms with Crippen molar-refractivity contribution in [1.29, 1.82) is 0 Å². The second-order valence-corrected chi connectivity index (χ2v) is 13.3. The number of halogens is 14. The molecule has 0 aromatic heterocycles. The zero-order valence-corrected chi connectivity index (χ0v) is 27.9.